The van der Waals surface area contributed by atoms with Gasteiger partial charge in [0.25, 0.3) is 0 Å². The Morgan fingerprint density at radius 1 is 1.34 bits per heavy atom. The van der Waals surface area contributed by atoms with Gasteiger partial charge in [-0.25, -0.2) is 9.59 Å². The molecule has 0 aliphatic carbocycles. The van der Waals surface area contributed by atoms with E-state index in [0.717, 1.165) is 10.2 Å². The van der Waals surface area contributed by atoms with Gasteiger partial charge in [-0.2, -0.15) is 0 Å². The summed E-state index contributed by atoms with van der Waals surface area (Å²) in [5.74, 6) is 0.209. The largest absolute Gasteiger partial charge is 0.489 e. The third kappa shape index (κ3) is 4.28. The van der Waals surface area contributed by atoms with Gasteiger partial charge >= 0.3 is 12.1 Å². The van der Waals surface area contributed by atoms with E-state index in [9.17, 15) is 9.59 Å². The molecule has 1 aromatic rings. The third-order valence-corrected chi connectivity index (χ3v) is 5.99. The van der Waals surface area contributed by atoms with Crippen LogP contribution in [0.3, 0.4) is 0 Å². The summed E-state index contributed by atoms with van der Waals surface area (Å²) >= 11 is 9.73. The van der Waals surface area contributed by atoms with Gasteiger partial charge in [0, 0.05) is 34.6 Å². The molecule has 1 amide bonds. The van der Waals surface area contributed by atoms with Gasteiger partial charge in [-0.15, -0.1) is 0 Å². The fourth-order valence-corrected chi connectivity index (χ4v) is 4.93. The second-order valence-electron chi connectivity index (χ2n) is 8.49. The van der Waals surface area contributed by atoms with Crippen molar-refractivity contribution in [3.8, 4) is 5.75 Å². The van der Waals surface area contributed by atoms with E-state index in [4.69, 9.17) is 25.8 Å². The molecule has 0 saturated carbocycles. The molecule has 0 unspecified atom stereocenters. The molecule has 0 aromatic heterocycles. The highest BCUT2D eigenvalue weighted by molar-refractivity contribution is 9.10. The minimum Gasteiger partial charge on any atom is -0.489 e. The molecule has 2 atom stereocenters. The van der Waals surface area contributed by atoms with Gasteiger partial charge in [-0.1, -0.05) is 11.6 Å². The summed E-state index contributed by atoms with van der Waals surface area (Å²) in [6, 6.07) is 3.46. The molecule has 160 valence electrons. The lowest BCUT2D eigenvalue weighted by Crippen LogP contribution is -2.52. The Morgan fingerprint density at radius 3 is 2.66 bits per heavy atom. The molecule has 29 heavy (non-hydrogen) atoms. The number of rotatable bonds is 2. The molecule has 0 bridgehead atoms. The zero-order valence-corrected chi connectivity index (χ0v) is 19.6. The van der Waals surface area contributed by atoms with Gasteiger partial charge in [-0.05, 0) is 49.7 Å². The number of benzene rings is 1. The number of esters is 1. The monoisotopic (exact) mass is 488 g/mol. The van der Waals surface area contributed by atoms with Gasteiger partial charge in [0.1, 0.15) is 23.5 Å². The van der Waals surface area contributed by atoms with Crippen molar-refractivity contribution in [3.05, 3.63) is 21.6 Å². The summed E-state index contributed by atoms with van der Waals surface area (Å²) < 4.78 is 17.2. The van der Waals surface area contributed by atoms with E-state index in [1.807, 2.05) is 6.07 Å². The fraction of sp³-hybridized carbons (Fsp3) is 0.600. The van der Waals surface area contributed by atoms with Crippen molar-refractivity contribution >= 4 is 45.3 Å². The maximum Gasteiger partial charge on any atom is 0.411 e. The Labute approximate surface area is 184 Å². The highest BCUT2D eigenvalue weighted by Crippen LogP contribution is 2.44. The van der Waals surface area contributed by atoms with Crippen LogP contribution >= 0.6 is 27.5 Å². The maximum absolute atomic E-state index is 12.9. The van der Waals surface area contributed by atoms with Crippen LogP contribution < -0.4 is 9.64 Å². The Bertz CT molecular complexity index is 828. The number of carbonyl (C=O) groups is 2. The van der Waals surface area contributed by atoms with E-state index in [0.29, 0.717) is 36.9 Å². The van der Waals surface area contributed by atoms with Crippen LogP contribution in [0.5, 0.6) is 5.75 Å². The third-order valence-electron chi connectivity index (χ3n) is 5.17. The maximum atomic E-state index is 12.9. The average Bonchev–Trinajstić information content (AvgIpc) is 2.97. The first-order valence-electron chi connectivity index (χ1n) is 9.44. The number of fused-ring (bicyclic) bond motifs is 1. The first kappa shape index (κ1) is 22.0. The Morgan fingerprint density at radius 2 is 2.03 bits per heavy atom. The fourth-order valence-electron chi connectivity index (χ4n) is 3.92. The van der Waals surface area contributed by atoms with Crippen molar-refractivity contribution in [2.24, 2.45) is 0 Å². The molecule has 2 heterocycles. The SMILES string of the molecule is COC(=O)[C@@]1(C)C[C@H](N2CCOc3cc(Cl)cc(Br)c32)CN1C(=O)OC(C)(C)C. The number of anilines is 1. The van der Waals surface area contributed by atoms with Crippen molar-refractivity contribution in [3.63, 3.8) is 0 Å². The minimum absolute atomic E-state index is 0.119. The van der Waals surface area contributed by atoms with Gasteiger partial charge in [0.05, 0.1) is 19.3 Å². The van der Waals surface area contributed by atoms with Gasteiger partial charge in [0.2, 0.25) is 0 Å². The molecule has 2 aliphatic heterocycles. The quantitative estimate of drug-likeness (QED) is 0.579. The molecule has 1 saturated heterocycles. The Hall–Kier alpha value is -1.67. The van der Waals surface area contributed by atoms with E-state index >= 15 is 0 Å². The summed E-state index contributed by atoms with van der Waals surface area (Å²) in [7, 11) is 1.33. The van der Waals surface area contributed by atoms with E-state index in [-0.39, 0.29) is 6.04 Å². The molecule has 0 radical (unpaired) electrons. The van der Waals surface area contributed by atoms with Crippen molar-refractivity contribution < 1.29 is 23.8 Å². The first-order valence-corrected chi connectivity index (χ1v) is 10.6. The van der Waals surface area contributed by atoms with Crippen molar-refractivity contribution in [2.75, 3.05) is 31.7 Å². The predicted molar refractivity (Wildman–Crippen MR) is 114 cm³/mol. The number of hydrogen-bond acceptors (Lipinski definition) is 6. The summed E-state index contributed by atoms with van der Waals surface area (Å²) in [4.78, 5) is 29.2. The van der Waals surface area contributed by atoms with E-state index in [2.05, 4.69) is 20.8 Å². The second-order valence-corrected chi connectivity index (χ2v) is 9.78. The normalized spacial score (nSPS) is 24.0. The van der Waals surface area contributed by atoms with Crippen LogP contribution in [-0.4, -0.2) is 61.0 Å². The van der Waals surface area contributed by atoms with Crippen LogP contribution in [0, 0.1) is 0 Å². The lowest BCUT2D eigenvalue weighted by Gasteiger charge is -2.36. The number of ether oxygens (including phenoxy) is 3. The number of likely N-dealkylation sites (tertiary alicyclic amines) is 1. The van der Waals surface area contributed by atoms with Crippen molar-refractivity contribution in [1.82, 2.24) is 4.90 Å². The molecular weight excluding hydrogens is 464 g/mol. The van der Waals surface area contributed by atoms with Gasteiger partial charge in [-0.3, -0.25) is 4.90 Å². The highest BCUT2D eigenvalue weighted by Gasteiger charge is 2.54. The number of amides is 1. The van der Waals surface area contributed by atoms with Gasteiger partial charge in [0.15, 0.2) is 0 Å². The lowest BCUT2D eigenvalue weighted by molar-refractivity contribution is -0.152. The zero-order valence-electron chi connectivity index (χ0n) is 17.3. The van der Waals surface area contributed by atoms with Crippen molar-refractivity contribution in [2.45, 2.75) is 51.3 Å². The van der Waals surface area contributed by atoms with E-state index in [1.54, 1.807) is 33.8 Å². The molecule has 3 rings (SSSR count). The minimum atomic E-state index is -1.13. The number of nitrogens with zero attached hydrogens (tertiary/aromatic N) is 2. The Balaban J connectivity index is 1.95. The number of carbonyl (C=O) groups excluding carboxylic acids is 2. The molecule has 1 aromatic carbocycles. The summed E-state index contributed by atoms with van der Waals surface area (Å²) in [5, 5.41) is 0.568. The van der Waals surface area contributed by atoms with Crippen LogP contribution in [0.1, 0.15) is 34.1 Å². The summed E-state index contributed by atoms with van der Waals surface area (Å²) in [6.45, 7) is 8.55. The topological polar surface area (TPSA) is 68.3 Å². The Kier molecular flexibility index (Phi) is 5.98. The second kappa shape index (κ2) is 7.87. The van der Waals surface area contributed by atoms with E-state index in [1.165, 1.54) is 12.0 Å². The van der Waals surface area contributed by atoms with Crippen LogP contribution in [-0.2, 0) is 14.3 Å². The molecule has 7 nitrogen and oxygen atoms in total. The zero-order chi connectivity index (χ0) is 21.6. The van der Waals surface area contributed by atoms with Crippen molar-refractivity contribution in [1.29, 1.82) is 0 Å². The van der Waals surface area contributed by atoms with Gasteiger partial charge < -0.3 is 19.1 Å². The average molecular weight is 490 g/mol. The smallest absolute Gasteiger partial charge is 0.411 e. The number of halogens is 2. The molecule has 2 aliphatic rings. The van der Waals surface area contributed by atoms with Crippen LogP contribution in [0.15, 0.2) is 16.6 Å². The highest BCUT2D eigenvalue weighted by atomic mass is 79.9. The van der Waals surface area contributed by atoms with E-state index < -0.39 is 23.2 Å². The van der Waals surface area contributed by atoms with Crippen LogP contribution in [0.4, 0.5) is 10.5 Å². The molecule has 1 fully saturated rings. The standard InChI is InChI=1S/C20H26BrClN2O5/c1-19(2,3)29-18(26)24-11-13(10-20(24,4)17(25)27-5)23-6-7-28-15-9-12(22)8-14(21)16(15)23/h8-9,13H,6-7,10-11H2,1-5H3/t13-,20+/m0/s1. The first-order chi connectivity index (χ1) is 13.5. The van der Waals surface area contributed by atoms with Crippen LogP contribution in [0.2, 0.25) is 5.02 Å². The molecule has 9 heteroatoms. The van der Waals surface area contributed by atoms with Crippen LogP contribution in [0.25, 0.3) is 0 Å². The number of hydrogen-bond donors (Lipinski definition) is 0. The summed E-state index contributed by atoms with van der Waals surface area (Å²) in [6.07, 6.45) is -0.121. The lowest BCUT2D eigenvalue weighted by atomic mass is 9.96. The predicted octanol–water partition coefficient (Wildman–Crippen LogP) is 4.24. The summed E-state index contributed by atoms with van der Waals surface area (Å²) in [5.41, 5.74) is -0.930. The molecule has 0 spiro atoms. The molecular formula is C20H26BrClN2O5. The number of methoxy groups -OCH3 is 1. The molecule has 0 N–H and O–H groups in total.